The van der Waals surface area contributed by atoms with Crippen LogP contribution in [0.3, 0.4) is 0 Å². The van der Waals surface area contributed by atoms with Crippen LogP contribution >= 0.6 is 11.6 Å². The van der Waals surface area contributed by atoms with Crippen LogP contribution in [0.4, 0.5) is 18.9 Å². The third-order valence-corrected chi connectivity index (χ3v) is 6.55. The molecule has 0 radical (unpaired) electrons. The van der Waals surface area contributed by atoms with Crippen LogP contribution < -0.4 is 10.1 Å². The summed E-state index contributed by atoms with van der Waals surface area (Å²) in [5.41, 5.74) is -2.08. The van der Waals surface area contributed by atoms with Gasteiger partial charge in [0.2, 0.25) is 5.91 Å². The highest BCUT2D eigenvalue weighted by molar-refractivity contribution is 6.31. The second kappa shape index (κ2) is 8.45. The van der Waals surface area contributed by atoms with E-state index in [9.17, 15) is 23.1 Å². The Morgan fingerprint density at radius 3 is 2.58 bits per heavy atom. The number of pyridine rings is 1. The largest absolute Gasteiger partial charge is 0.491 e. The van der Waals surface area contributed by atoms with Gasteiger partial charge in [-0.25, -0.2) is 0 Å². The normalized spacial score (nSPS) is 18.3. The monoisotopic (exact) mass is 483 g/mol. The Balaban J connectivity index is 1.37. The van der Waals surface area contributed by atoms with Crippen molar-refractivity contribution in [2.24, 2.45) is 0 Å². The summed E-state index contributed by atoms with van der Waals surface area (Å²) in [6.45, 7) is 4.46. The molecule has 0 atom stereocenters. The van der Waals surface area contributed by atoms with Gasteiger partial charge in [-0.1, -0.05) is 11.6 Å². The van der Waals surface area contributed by atoms with Crippen LogP contribution in [0.25, 0.3) is 0 Å². The van der Waals surface area contributed by atoms with Crippen molar-refractivity contribution in [1.29, 1.82) is 0 Å². The third kappa shape index (κ3) is 4.67. The Morgan fingerprint density at radius 1 is 1.24 bits per heavy atom. The first-order chi connectivity index (χ1) is 15.4. The number of carbonyl (C=O) groups excluding carboxylic acids is 1. The molecule has 178 valence electrons. The lowest BCUT2D eigenvalue weighted by molar-refractivity contribution is -0.140. The first-order valence-electron chi connectivity index (χ1n) is 10.7. The minimum Gasteiger partial charge on any atom is -0.491 e. The van der Waals surface area contributed by atoms with Gasteiger partial charge in [0.1, 0.15) is 18.0 Å². The highest BCUT2D eigenvalue weighted by Gasteiger charge is 2.48. The van der Waals surface area contributed by atoms with E-state index < -0.39 is 28.4 Å². The number of hydrogen-bond acceptors (Lipinski definition) is 5. The molecule has 10 heteroatoms. The fourth-order valence-electron chi connectivity index (χ4n) is 4.56. The number of aromatic nitrogens is 1. The molecule has 1 amide bonds. The molecule has 1 aromatic heterocycles. The molecule has 0 aliphatic carbocycles. The number of piperidine rings is 1. The molecule has 4 rings (SSSR count). The fourth-order valence-corrected chi connectivity index (χ4v) is 4.73. The smallest absolute Gasteiger partial charge is 0.418 e. The molecule has 2 aliphatic heterocycles. The van der Waals surface area contributed by atoms with Crippen molar-refractivity contribution in [3.05, 3.63) is 52.3 Å². The van der Waals surface area contributed by atoms with Gasteiger partial charge in [-0.15, -0.1) is 0 Å². The lowest BCUT2D eigenvalue weighted by Gasteiger charge is -2.38. The summed E-state index contributed by atoms with van der Waals surface area (Å²) >= 11 is 6.15. The molecule has 1 fully saturated rings. The topological polar surface area (TPSA) is 74.7 Å². The van der Waals surface area contributed by atoms with Gasteiger partial charge >= 0.3 is 6.18 Å². The molecule has 2 aromatic rings. The Kier molecular flexibility index (Phi) is 6.09. The number of nitrogens with one attached hydrogen (secondary N) is 1. The van der Waals surface area contributed by atoms with Crippen molar-refractivity contribution in [1.82, 2.24) is 9.88 Å². The van der Waals surface area contributed by atoms with Crippen LogP contribution in [0.15, 0.2) is 30.5 Å². The average Bonchev–Trinajstić information content (AvgIpc) is 2.99. The maximum atomic E-state index is 13.4. The van der Waals surface area contributed by atoms with E-state index >= 15 is 0 Å². The number of anilines is 1. The quantitative estimate of drug-likeness (QED) is 0.661. The number of halogens is 4. The predicted molar refractivity (Wildman–Crippen MR) is 117 cm³/mol. The van der Waals surface area contributed by atoms with Gasteiger partial charge in [-0.3, -0.25) is 14.7 Å². The van der Waals surface area contributed by atoms with Crippen molar-refractivity contribution in [2.45, 2.75) is 43.9 Å². The van der Waals surface area contributed by atoms with E-state index in [4.69, 9.17) is 16.3 Å². The summed E-state index contributed by atoms with van der Waals surface area (Å²) in [7, 11) is 0. The van der Waals surface area contributed by atoms with E-state index in [0.717, 1.165) is 17.3 Å². The zero-order valence-electron chi connectivity index (χ0n) is 18.3. The molecule has 6 nitrogen and oxygen atoms in total. The molecule has 33 heavy (non-hydrogen) atoms. The second-order valence-corrected chi connectivity index (χ2v) is 9.48. The summed E-state index contributed by atoms with van der Waals surface area (Å²) in [5, 5.41) is 13.5. The summed E-state index contributed by atoms with van der Waals surface area (Å²) in [5.74, 6) is -0.0316. The van der Waals surface area contributed by atoms with E-state index in [1.165, 1.54) is 20.0 Å². The number of likely N-dealkylation sites (tertiary alicyclic amines) is 1. The standard InChI is InChI=1S/C23H25ClF3N3O3/c1-21(2,32)19-17(23(25,26)27)12-15(13-28-19)33-10-9-30-7-5-22(6-8-30)16-11-14(24)3-4-18(16)29-20(22)31/h3-4,11-13,32H,5-10H2,1-2H3,(H,29,31). The van der Waals surface area contributed by atoms with Crippen LogP contribution in [0.1, 0.15) is 43.5 Å². The Morgan fingerprint density at radius 2 is 1.94 bits per heavy atom. The Labute approximate surface area is 194 Å². The zero-order valence-corrected chi connectivity index (χ0v) is 19.1. The highest BCUT2D eigenvalue weighted by Crippen LogP contribution is 2.45. The van der Waals surface area contributed by atoms with Crippen molar-refractivity contribution >= 4 is 23.2 Å². The number of rotatable bonds is 5. The third-order valence-electron chi connectivity index (χ3n) is 6.31. The first kappa shape index (κ1) is 23.8. The van der Waals surface area contributed by atoms with E-state index in [2.05, 4.69) is 15.2 Å². The molecular weight excluding hydrogens is 459 g/mol. The number of hydrogen-bond donors (Lipinski definition) is 2. The fraction of sp³-hybridized carbons (Fsp3) is 0.478. The molecule has 3 heterocycles. The molecule has 2 aliphatic rings. The zero-order chi connectivity index (χ0) is 24.0. The number of aliphatic hydroxyl groups is 1. The minimum atomic E-state index is -4.66. The van der Waals surface area contributed by atoms with Gasteiger partial charge < -0.3 is 15.2 Å². The number of amides is 1. The summed E-state index contributed by atoms with van der Waals surface area (Å²) in [6, 6.07) is 6.28. The second-order valence-electron chi connectivity index (χ2n) is 9.04. The van der Waals surface area contributed by atoms with Gasteiger partial charge in [0.15, 0.2) is 0 Å². The first-order valence-corrected chi connectivity index (χ1v) is 11.0. The number of nitrogens with zero attached hydrogens (tertiary/aromatic N) is 2. The van der Waals surface area contributed by atoms with Crippen molar-refractivity contribution < 1.29 is 27.8 Å². The molecule has 0 unspecified atom stereocenters. The molecule has 1 spiro atoms. The lowest BCUT2D eigenvalue weighted by atomic mass is 9.73. The minimum absolute atomic E-state index is 0.0115. The highest BCUT2D eigenvalue weighted by atomic mass is 35.5. The molecule has 2 N–H and O–H groups in total. The maximum Gasteiger partial charge on any atom is 0.418 e. The molecule has 0 bridgehead atoms. The molecule has 1 saturated heterocycles. The number of fused-ring (bicyclic) bond motifs is 2. The average molecular weight is 484 g/mol. The summed E-state index contributed by atoms with van der Waals surface area (Å²) < 4.78 is 45.8. The van der Waals surface area contributed by atoms with Gasteiger partial charge in [0.25, 0.3) is 0 Å². The van der Waals surface area contributed by atoms with Crippen LogP contribution in [0, 0.1) is 0 Å². The molecule has 0 saturated carbocycles. The van der Waals surface area contributed by atoms with Gasteiger partial charge in [-0.2, -0.15) is 13.2 Å². The molecule has 1 aromatic carbocycles. The van der Waals surface area contributed by atoms with E-state index in [1.54, 1.807) is 6.07 Å². The van der Waals surface area contributed by atoms with Crippen molar-refractivity contribution in [2.75, 3.05) is 31.6 Å². The van der Waals surface area contributed by atoms with Crippen molar-refractivity contribution in [3.8, 4) is 5.75 Å². The van der Waals surface area contributed by atoms with Gasteiger partial charge in [0, 0.05) is 17.3 Å². The van der Waals surface area contributed by atoms with Crippen molar-refractivity contribution in [3.63, 3.8) is 0 Å². The van der Waals surface area contributed by atoms with E-state index in [1.807, 2.05) is 12.1 Å². The Hall–Kier alpha value is -2.36. The summed E-state index contributed by atoms with van der Waals surface area (Å²) in [4.78, 5) is 18.6. The SMILES string of the molecule is CC(C)(O)c1ncc(OCCN2CCC3(CC2)C(=O)Nc2ccc(Cl)cc23)cc1C(F)(F)F. The number of ether oxygens (including phenoxy) is 1. The lowest BCUT2D eigenvalue weighted by Crippen LogP contribution is -2.47. The summed E-state index contributed by atoms with van der Waals surface area (Å²) in [6.07, 6.45) is -2.24. The maximum absolute atomic E-state index is 13.4. The van der Waals surface area contributed by atoms with E-state index in [-0.39, 0.29) is 18.3 Å². The van der Waals surface area contributed by atoms with Crippen LogP contribution in [-0.2, 0) is 22.0 Å². The van der Waals surface area contributed by atoms with Crippen LogP contribution in [0.5, 0.6) is 5.75 Å². The van der Waals surface area contributed by atoms with E-state index in [0.29, 0.717) is 37.5 Å². The number of alkyl halides is 3. The van der Waals surface area contributed by atoms with Crippen LogP contribution in [0.2, 0.25) is 5.02 Å². The number of carbonyl (C=O) groups is 1. The van der Waals surface area contributed by atoms with Crippen LogP contribution in [-0.4, -0.2) is 47.1 Å². The van der Waals surface area contributed by atoms with Gasteiger partial charge in [-0.05, 0) is 69.6 Å². The number of benzene rings is 1. The Bertz CT molecular complexity index is 1060. The predicted octanol–water partition coefficient (Wildman–Crippen LogP) is 4.35. The van der Waals surface area contributed by atoms with Gasteiger partial charge in [0.05, 0.1) is 22.9 Å². The molecular formula is C23H25ClF3N3O3.